The van der Waals surface area contributed by atoms with Crippen molar-refractivity contribution in [3.63, 3.8) is 0 Å². The van der Waals surface area contributed by atoms with Crippen molar-refractivity contribution in [3.8, 4) is 10.4 Å². The molecule has 0 fully saturated rings. The van der Waals surface area contributed by atoms with Crippen LogP contribution in [0.15, 0.2) is 46.7 Å². The zero-order chi connectivity index (χ0) is 19.3. The molecule has 28 heavy (non-hydrogen) atoms. The number of aryl methyl sites for hydroxylation is 2. The summed E-state index contributed by atoms with van der Waals surface area (Å²) < 4.78 is 1.39. The van der Waals surface area contributed by atoms with Gasteiger partial charge in [0.25, 0.3) is 5.56 Å². The van der Waals surface area contributed by atoms with Crippen LogP contribution >= 0.6 is 11.3 Å². The molecule has 0 spiro atoms. The Kier molecular flexibility index (Phi) is 3.98. The molecule has 1 aliphatic heterocycles. The molecule has 4 aromatic rings. The molecule has 0 radical (unpaired) electrons. The Morgan fingerprint density at radius 2 is 2.07 bits per heavy atom. The average Bonchev–Trinajstić information content (AvgIpc) is 3.21. The predicted octanol–water partition coefficient (Wildman–Crippen LogP) is 3.39. The lowest BCUT2D eigenvalue weighted by Crippen LogP contribution is -2.33. The number of rotatable bonds is 2. The van der Waals surface area contributed by atoms with Crippen LogP contribution in [-0.2, 0) is 13.0 Å². The molecule has 0 bridgehead atoms. The maximum atomic E-state index is 12.4. The number of anilines is 1. The monoisotopic (exact) mass is 389 g/mol. The lowest BCUT2D eigenvalue weighted by Gasteiger charge is -2.30. The van der Waals surface area contributed by atoms with E-state index in [1.165, 1.54) is 21.0 Å². The van der Waals surface area contributed by atoms with E-state index in [1.54, 1.807) is 11.3 Å². The standard InChI is InChI=1S/C21H19N5OS/c1-13-8-19-23-14(2)9-20(27)26(19)24-21(13)25-6-5-17-16(12-25)10-15(11-22-17)18-4-3-7-28-18/h3-4,7-11H,5-6,12H2,1-2H3. The van der Waals surface area contributed by atoms with Gasteiger partial charge in [0.2, 0.25) is 0 Å². The quantitative estimate of drug-likeness (QED) is 0.526. The van der Waals surface area contributed by atoms with Gasteiger partial charge in [-0.25, -0.2) is 4.98 Å². The van der Waals surface area contributed by atoms with Gasteiger partial charge in [-0.05, 0) is 48.6 Å². The molecular formula is C21H19N5OS. The summed E-state index contributed by atoms with van der Waals surface area (Å²) in [6, 6.07) is 9.86. The van der Waals surface area contributed by atoms with Gasteiger partial charge in [0.1, 0.15) is 0 Å². The van der Waals surface area contributed by atoms with Crippen LogP contribution in [-0.4, -0.2) is 26.1 Å². The van der Waals surface area contributed by atoms with E-state index in [0.29, 0.717) is 11.3 Å². The Hall–Kier alpha value is -3.06. The molecule has 5 rings (SSSR count). The van der Waals surface area contributed by atoms with Crippen molar-refractivity contribution in [1.29, 1.82) is 0 Å². The van der Waals surface area contributed by atoms with E-state index in [4.69, 9.17) is 4.98 Å². The first kappa shape index (κ1) is 17.1. The summed E-state index contributed by atoms with van der Waals surface area (Å²) in [4.78, 5) is 24.9. The number of fused-ring (bicyclic) bond motifs is 2. The van der Waals surface area contributed by atoms with Gasteiger partial charge in [-0.15, -0.1) is 16.4 Å². The molecule has 5 heterocycles. The molecule has 0 aromatic carbocycles. The highest BCUT2D eigenvalue weighted by molar-refractivity contribution is 7.13. The predicted molar refractivity (Wildman–Crippen MR) is 111 cm³/mol. The van der Waals surface area contributed by atoms with E-state index in [-0.39, 0.29) is 5.56 Å². The van der Waals surface area contributed by atoms with Gasteiger partial charge >= 0.3 is 0 Å². The van der Waals surface area contributed by atoms with Crippen LogP contribution in [0.5, 0.6) is 0 Å². The third-order valence-corrected chi connectivity index (χ3v) is 6.01. The van der Waals surface area contributed by atoms with Gasteiger partial charge in [-0.2, -0.15) is 4.52 Å². The zero-order valence-corrected chi connectivity index (χ0v) is 16.5. The van der Waals surface area contributed by atoms with Crippen LogP contribution in [0.25, 0.3) is 16.1 Å². The summed E-state index contributed by atoms with van der Waals surface area (Å²) in [6.07, 6.45) is 2.83. The van der Waals surface area contributed by atoms with Gasteiger partial charge < -0.3 is 4.90 Å². The van der Waals surface area contributed by atoms with Gasteiger partial charge in [0, 0.05) is 53.6 Å². The fourth-order valence-electron chi connectivity index (χ4n) is 3.74. The number of pyridine rings is 1. The van der Waals surface area contributed by atoms with E-state index < -0.39 is 0 Å². The highest BCUT2D eigenvalue weighted by Gasteiger charge is 2.21. The van der Waals surface area contributed by atoms with E-state index >= 15 is 0 Å². The van der Waals surface area contributed by atoms with Crippen molar-refractivity contribution in [2.75, 3.05) is 11.4 Å². The fraction of sp³-hybridized carbons (Fsp3) is 0.238. The largest absolute Gasteiger partial charge is 0.350 e. The molecular weight excluding hydrogens is 370 g/mol. The molecule has 0 saturated carbocycles. The van der Waals surface area contributed by atoms with E-state index in [1.807, 2.05) is 26.1 Å². The van der Waals surface area contributed by atoms with Crippen molar-refractivity contribution in [2.24, 2.45) is 0 Å². The minimum absolute atomic E-state index is 0.150. The third kappa shape index (κ3) is 2.88. The molecule has 0 aliphatic carbocycles. The molecule has 0 N–H and O–H groups in total. The Balaban J connectivity index is 1.54. The van der Waals surface area contributed by atoms with Crippen molar-refractivity contribution in [2.45, 2.75) is 26.8 Å². The maximum absolute atomic E-state index is 12.4. The highest BCUT2D eigenvalue weighted by Crippen LogP contribution is 2.29. The number of thiophene rings is 1. The van der Waals surface area contributed by atoms with Crippen LogP contribution in [0.4, 0.5) is 5.82 Å². The molecule has 4 aromatic heterocycles. The second-order valence-electron chi connectivity index (χ2n) is 7.14. The van der Waals surface area contributed by atoms with Gasteiger partial charge in [0.15, 0.2) is 11.5 Å². The molecule has 0 unspecified atom stereocenters. The fourth-order valence-corrected chi connectivity index (χ4v) is 4.44. The van der Waals surface area contributed by atoms with Crippen LogP contribution in [0.3, 0.4) is 0 Å². The van der Waals surface area contributed by atoms with E-state index in [9.17, 15) is 4.79 Å². The Bertz CT molecular complexity index is 1250. The van der Waals surface area contributed by atoms with Crippen LogP contribution in [0, 0.1) is 13.8 Å². The molecule has 0 amide bonds. The Morgan fingerprint density at radius 3 is 2.89 bits per heavy atom. The Labute approximate surface area is 166 Å². The van der Waals surface area contributed by atoms with Crippen LogP contribution in [0.1, 0.15) is 22.5 Å². The minimum atomic E-state index is -0.150. The first-order valence-corrected chi connectivity index (χ1v) is 10.1. The number of aromatic nitrogens is 4. The van der Waals surface area contributed by atoms with E-state index in [0.717, 1.165) is 42.1 Å². The van der Waals surface area contributed by atoms with Crippen molar-refractivity contribution < 1.29 is 0 Å². The lowest BCUT2D eigenvalue weighted by molar-refractivity contribution is 0.685. The van der Waals surface area contributed by atoms with Crippen LogP contribution in [0.2, 0.25) is 0 Å². The first-order chi connectivity index (χ1) is 13.6. The molecule has 140 valence electrons. The summed E-state index contributed by atoms with van der Waals surface area (Å²) in [5.74, 6) is 0.826. The topological polar surface area (TPSA) is 63.4 Å². The summed E-state index contributed by atoms with van der Waals surface area (Å²) in [7, 11) is 0. The molecule has 6 nitrogen and oxygen atoms in total. The second kappa shape index (κ2) is 6.53. The van der Waals surface area contributed by atoms with Crippen molar-refractivity contribution in [1.82, 2.24) is 19.6 Å². The normalized spacial score (nSPS) is 13.7. The smallest absolute Gasteiger partial charge is 0.274 e. The minimum Gasteiger partial charge on any atom is -0.350 e. The summed E-state index contributed by atoms with van der Waals surface area (Å²) >= 11 is 1.72. The summed E-state index contributed by atoms with van der Waals surface area (Å²) in [5, 5.41) is 6.71. The number of nitrogens with zero attached hydrogens (tertiary/aromatic N) is 5. The molecule has 1 aliphatic rings. The summed E-state index contributed by atoms with van der Waals surface area (Å²) in [6.45, 7) is 5.40. The van der Waals surface area contributed by atoms with Gasteiger partial charge in [0.05, 0.1) is 0 Å². The SMILES string of the molecule is Cc1cc(=O)n2nc(N3CCc4ncc(-c5cccs5)cc4C3)c(C)cc2n1. The van der Waals surface area contributed by atoms with Gasteiger partial charge in [-0.1, -0.05) is 6.07 Å². The second-order valence-corrected chi connectivity index (χ2v) is 8.08. The maximum Gasteiger partial charge on any atom is 0.274 e. The van der Waals surface area contributed by atoms with E-state index in [2.05, 4.69) is 38.6 Å². The van der Waals surface area contributed by atoms with Crippen LogP contribution < -0.4 is 10.5 Å². The zero-order valence-electron chi connectivity index (χ0n) is 15.7. The Morgan fingerprint density at radius 1 is 1.18 bits per heavy atom. The summed E-state index contributed by atoms with van der Waals surface area (Å²) in [5.41, 5.74) is 5.67. The van der Waals surface area contributed by atoms with Gasteiger partial charge in [-0.3, -0.25) is 9.78 Å². The average molecular weight is 389 g/mol. The molecule has 0 atom stereocenters. The highest BCUT2D eigenvalue weighted by atomic mass is 32.1. The molecule has 0 saturated heterocycles. The number of hydrogen-bond donors (Lipinski definition) is 0. The van der Waals surface area contributed by atoms with Crippen molar-refractivity contribution >= 4 is 22.8 Å². The molecule has 7 heteroatoms. The first-order valence-electron chi connectivity index (χ1n) is 9.23. The third-order valence-electron chi connectivity index (χ3n) is 5.09. The van der Waals surface area contributed by atoms with Crippen molar-refractivity contribution in [3.05, 3.63) is 74.8 Å². The number of hydrogen-bond acceptors (Lipinski definition) is 6. The lowest BCUT2D eigenvalue weighted by atomic mass is 10.0.